The van der Waals surface area contributed by atoms with Gasteiger partial charge in [0.1, 0.15) is 11.5 Å². The molecule has 1 N–H and O–H groups in total. The Hall–Kier alpha value is -1.36. The van der Waals surface area contributed by atoms with Gasteiger partial charge < -0.3 is 14.8 Å². The first-order valence-corrected chi connectivity index (χ1v) is 7.30. The van der Waals surface area contributed by atoms with Crippen LogP contribution in [0.1, 0.15) is 20.3 Å². The maximum absolute atomic E-state index is 5.37. The number of hydrogen-bond acceptors (Lipinski definition) is 5. The molecule has 5 heteroatoms. The topological polar surface area (TPSA) is 42.8 Å². The van der Waals surface area contributed by atoms with Gasteiger partial charge in [0.15, 0.2) is 5.17 Å². The van der Waals surface area contributed by atoms with E-state index in [1.807, 2.05) is 18.2 Å². The zero-order chi connectivity index (χ0) is 13.9. The van der Waals surface area contributed by atoms with Gasteiger partial charge in [-0.25, -0.2) is 0 Å². The van der Waals surface area contributed by atoms with Crippen molar-refractivity contribution in [1.29, 1.82) is 0 Å². The number of benzene rings is 1. The second kappa shape index (κ2) is 5.74. The van der Waals surface area contributed by atoms with E-state index in [9.17, 15) is 0 Å². The summed E-state index contributed by atoms with van der Waals surface area (Å²) in [7, 11) is 3.30. The van der Waals surface area contributed by atoms with Gasteiger partial charge in [-0.05, 0) is 25.5 Å². The lowest BCUT2D eigenvalue weighted by Crippen LogP contribution is -2.20. The summed E-state index contributed by atoms with van der Waals surface area (Å²) in [4.78, 5) is 4.73. The van der Waals surface area contributed by atoms with Crippen LogP contribution < -0.4 is 14.8 Å². The number of nitrogens with zero attached hydrogens (tertiary/aromatic N) is 1. The number of hydrogen-bond donors (Lipinski definition) is 1. The smallest absolute Gasteiger partial charge is 0.161 e. The number of thioether (sulfide) groups is 1. The van der Waals surface area contributed by atoms with Crippen molar-refractivity contribution in [2.24, 2.45) is 4.99 Å². The second-order valence-electron chi connectivity index (χ2n) is 4.75. The van der Waals surface area contributed by atoms with E-state index in [2.05, 4.69) is 19.2 Å². The summed E-state index contributed by atoms with van der Waals surface area (Å²) in [5.74, 6) is 2.55. The second-order valence-corrected chi connectivity index (χ2v) is 5.71. The standard InChI is InChI=1S/C14H20N2O2S/c1-5-14(2)9-19-13(16-14)15-11-7-6-10(17-3)8-12(11)18-4/h6-8H,5,9H2,1-4H3,(H,15,16). The van der Waals surface area contributed by atoms with Gasteiger partial charge >= 0.3 is 0 Å². The van der Waals surface area contributed by atoms with E-state index < -0.39 is 0 Å². The molecule has 0 aliphatic carbocycles. The number of anilines is 1. The van der Waals surface area contributed by atoms with Crippen LogP contribution in [0.5, 0.6) is 11.5 Å². The molecule has 1 heterocycles. The summed E-state index contributed by atoms with van der Waals surface area (Å²) in [6.07, 6.45) is 1.05. The van der Waals surface area contributed by atoms with E-state index in [0.29, 0.717) is 0 Å². The summed E-state index contributed by atoms with van der Waals surface area (Å²) >= 11 is 1.75. The highest BCUT2D eigenvalue weighted by atomic mass is 32.2. The molecule has 0 aromatic heterocycles. The molecular weight excluding hydrogens is 260 g/mol. The van der Waals surface area contributed by atoms with Crippen molar-refractivity contribution in [1.82, 2.24) is 0 Å². The van der Waals surface area contributed by atoms with Crippen molar-refractivity contribution < 1.29 is 9.47 Å². The molecular formula is C14H20N2O2S. The molecule has 4 nitrogen and oxygen atoms in total. The Balaban J connectivity index is 2.18. The third kappa shape index (κ3) is 3.15. The molecule has 0 amide bonds. The Labute approximate surface area is 118 Å². The monoisotopic (exact) mass is 280 g/mol. The number of nitrogens with one attached hydrogen (secondary N) is 1. The van der Waals surface area contributed by atoms with Crippen LogP contribution in [0.25, 0.3) is 0 Å². The molecule has 2 rings (SSSR count). The van der Waals surface area contributed by atoms with E-state index in [0.717, 1.165) is 34.5 Å². The predicted molar refractivity (Wildman–Crippen MR) is 81.8 cm³/mol. The van der Waals surface area contributed by atoms with Crippen molar-refractivity contribution in [2.45, 2.75) is 25.8 Å². The first-order valence-electron chi connectivity index (χ1n) is 6.32. The average Bonchev–Trinajstić information content (AvgIpc) is 2.81. The van der Waals surface area contributed by atoms with Crippen molar-refractivity contribution in [3.63, 3.8) is 0 Å². The molecule has 1 atom stereocenters. The van der Waals surface area contributed by atoms with E-state index >= 15 is 0 Å². The minimum atomic E-state index is 0.0483. The van der Waals surface area contributed by atoms with E-state index in [4.69, 9.17) is 14.5 Å². The first-order chi connectivity index (χ1) is 9.10. The average molecular weight is 280 g/mol. The normalized spacial score (nSPS) is 22.0. The molecule has 0 radical (unpaired) electrons. The SMILES string of the molecule is CCC1(C)CSC(Nc2ccc(OC)cc2OC)=N1. The third-order valence-electron chi connectivity index (χ3n) is 3.30. The summed E-state index contributed by atoms with van der Waals surface area (Å²) in [5, 5.41) is 4.29. The van der Waals surface area contributed by atoms with Crippen LogP contribution in [0.4, 0.5) is 5.69 Å². The predicted octanol–water partition coefficient (Wildman–Crippen LogP) is 3.39. The van der Waals surface area contributed by atoms with Crippen LogP contribution in [0.3, 0.4) is 0 Å². The first kappa shape index (κ1) is 14.1. The Morgan fingerprint density at radius 1 is 1.37 bits per heavy atom. The number of rotatable bonds is 4. The highest BCUT2D eigenvalue weighted by Gasteiger charge is 2.29. The highest BCUT2D eigenvalue weighted by molar-refractivity contribution is 8.14. The zero-order valence-electron chi connectivity index (χ0n) is 11.8. The molecule has 19 heavy (non-hydrogen) atoms. The Morgan fingerprint density at radius 2 is 2.16 bits per heavy atom. The fraction of sp³-hybridized carbons (Fsp3) is 0.500. The Bertz CT molecular complexity index is 490. The largest absolute Gasteiger partial charge is 0.497 e. The molecule has 1 aliphatic heterocycles. The van der Waals surface area contributed by atoms with E-state index in [1.54, 1.807) is 26.0 Å². The van der Waals surface area contributed by atoms with Gasteiger partial charge in [0.05, 0.1) is 25.4 Å². The van der Waals surface area contributed by atoms with Gasteiger partial charge in [0, 0.05) is 11.8 Å². The number of ether oxygens (including phenoxy) is 2. The minimum absolute atomic E-state index is 0.0483. The van der Waals surface area contributed by atoms with Gasteiger partial charge in [-0.15, -0.1) is 0 Å². The van der Waals surface area contributed by atoms with Gasteiger partial charge in [0.25, 0.3) is 0 Å². The van der Waals surface area contributed by atoms with Crippen LogP contribution in [0.15, 0.2) is 23.2 Å². The fourth-order valence-electron chi connectivity index (χ4n) is 1.80. The summed E-state index contributed by atoms with van der Waals surface area (Å²) in [6.45, 7) is 4.35. The number of amidine groups is 1. The molecule has 1 aromatic carbocycles. The quantitative estimate of drug-likeness (QED) is 0.918. The lowest BCUT2D eigenvalue weighted by Gasteiger charge is -2.15. The van der Waals surface area contributed by atoms with Crippen molar-refractivity contribution >= 4 is 22.6 Å². The molecule has 0 saturated heterocycles. The molecule has 1 aliphatic rings. The van der Waals surface area contributed by atoms with Crippen molar-refractivity contribution in [3.05, 3.63) is 18.2 Å². The molecule has 1 aromatic rings. The van der Waals surface area contributed by atoms with Crippen LogP contribution >= 0.6 is 11.8 Å². The van der Waals surface area contributed by atoms with Crippen LogP contribution in [0.2, 0.25) is 0 Å². The Morgan fingerprint density at radius 3 is 2.74 bits per heavy atom. The summed E-state index contributed by atoms with van der Waals surface area (Å²) in [6, 6.07) is 5.72. The van der Waals surface area contributed by atoms with Gasteiger partial charge in [-0.2, -0.15) is 0 Å². The summed E-state index contributed by atoms with van der Waals surface area (Å²) in [5.41, 5.74) is 0.960. The van der Waals surface area contributed by atoms with E-state index in [1.165, 1.54) is 0 Å². The lowest BCUT2D eigenvalue weighted by molar-refractivity contribution is 0.395. The minimum Gasteiger partial charge on any atom is -0.497 e. The molecule has 0 spiro atoms. The highest BCUT2D eigenvalue weighted by Crippen LogP contribution is 2.34. The molecule has 0 bridgehead atoms. The van der Waals surface area contributed by atoms with Gasteiger partial charge in [0.2, 0.25) is 0 Å². The van der Waals surface area contributed by atoms with Crippen LogP contribution in [-0.2, 0) is 0 Å². The maximum atomic E-state index is 5.37. The molecule has 0 fully saturated rings. The number of methoxy groups -OCH3 is 2. The van der Waals surface area contributed by atoms with Crippen molar-refractivity contribution in [2.75, 3.05) is 25.3 Å². The fourth-order valence-corrected chi connectivity index (χ4v) is 2.98. The van der Waals surface area contributed by atoms with Gasteiger partial charge in [-0.3, -0.25) is 4.99 Å². The summed E-state index contributed by atoms with van der Waals surface area (Å²) < 4.78 is 10.6. The van der Waals surface area contributed by atoms with Crippen molar-refractivity contribution in [3.8, 4) is 11.5 Å². The number of aliphatic imine (C=N–C) groups is 1. The Kier molecular flexibility index (Phi) is 4.24. The molecule has 104 valence electrons. The molecule has 0 saturated carbocycles. The van der Waals surface area contributed by atoms with Gasteiger partial charge in [-0.1, -0.05) is 18.7 Å². The lowest BCUT2D eigenvalue weighted by atomic mass is 10.0. The van der Waals surface area contributed by atoms with Crippen LogP contribution in [-0.4, -0.2) is 30.7 Å². The van der Waals surface area contributed by atoms with Crippen LogP contribution in [0, 0.1) is 0 Å². The zero-order valence-corrected chi connectivity index (χ0v) is 12.6. The van der Waals surface area contributed by atoms with E-state index in [-0.39, 0.29) is 5.54 Å². The molecule has 1 unspecified atom stereocenters. The maximum Gasteiger partial charge on any atom is 0.161 e. The third-order valence-corrected chi connectivity index (χ3v) is 4.54.